The van der Waals surface area contributed by atoms with Crippen LogP contribution in [-0.2, 0) is 0 Å². The molecule has 0 saturated heterocycles. The van der Waals surface area contributed by atoms with Crippen LogP contribution in [0.5, 0.6) is 0 Å². The number of nitrogens with two attached hydrogens (primary N) is 1. The lowest BCUT2D eigenvalue weighted by atomic mass is 10.1. The van der Waals surface area contributed by atoms with Gasteiger partial charge in [0.25, 0.3) is 0 Å². The number of hydrogen-bond acceptors (Lipinski definition) is 1. The Morgan fingerprint density at radius 1 is 1.60 bits per heavy atom. The van der Waals surface area contributed by atoms with Gasteiger partial charge < -0.3 is 5.73 Å². The van der Waals surface area contributed by atoms with E-state index < -0.39 is 0 Å². The molecule has 0 spiro atoms. The Morgan fingerprint density at radius 3 is 2.60 bits per heavy atom. The third kappa shape index (κ3) is 6.30. The molecule has 0 saturated carbocycles. The summed E-state index contributed by atoms with van der Waals surface area (Å²) in [6, 6.07) is 0. The van der Waals surface area contributed by atoms with Crippen LogP contribution in [0.25, 0.3) is 0 Å². The molecule has 0 fully saturated rings. The first-order chi connectivity index (χ1) is 4.66. The topological polar surface area (TPSA) is 26.0 Å². The molecule has 0 aliphatic heterocycles. The van der Waals surface area contributed by atoms with Gasteiger partial charge in [-0.1, -0.05) is 21.5 Å². The Kier molecular flexibility index (Phi) is 6.03. The fourth-order valence-corrected chi connectivity index (χ4v) is 1.22. The maximum Gasteiger partial charge on any atom is 0.0160 e. The molecule has 0 aromatic carbocycles. The molecular formula is C8H16BrN. The van der Waals surface area contributed by atoms with Gasteiger partial charge in [0, 0.05) is 4.83 Å². The zero-order valence-electron chi connectivity index (χ0n) is 6.57. The van der Waals surface area contributed by atoms with Crippen molar-refractivity contribution in [3.05, 3.63) is 12.2 Å². The molecule has 1 atom stereocenters. The van der Waals surface area contributed by atoms with Crippen LogP contribution >= 0.6 is 15.9 Å². The van der Waals surface area contributed by atoms with Crippen molar-refractivity contribution in [1.82, 2.24) is 0 Å². The van der Waals surface area contributed by atoms with Crippen molar-refractivity contribution in [2.24, 2.45) is 5.73 Å². The van der Waals surface area contributed by atoms with Crippen LogP contribution in [0.4, 0.5) is 0 Å². The Labute approximate surface area is 71.8 Å². The normalized spacial score (nSPS) is 13.1. The highest BCUT2D eigenvalue weighted by molar-refractivity contribution is 9.09. The predicted molar refractivity (Wildman–Crippen MR) is 50.4 cm³/mol. The second kappa shape index (κ2) is 5.93. The van der Waals surface area contributed by atoms with Gasteiger partial charge in [-0.05, 0) is 32.7 Å². The van der Waals surface area contributed by atoms with E-state index in [-0.39, 0.29) is 0 Å². The van der Waals surface area contributed by atoms with Crippen molar-refractivity contribution in [3.63, 3.8) is 0 Å². The number of halogens is 1. The minimum absolute atomic E-state index is 0.578. The Morgan fingerprint density at radius 2 is 2.20 bits per heavy atom. The smallest absolute Gasteiger partial charge is 0.0160 e. The van der Waals surface area contributed by atoms with Gasteiger partial charge in [-0.2, -0.15) is 0 Å². The standard InChI is InChI=1S/C8H16BrN/c1-7(2)3-4-8(9)5-6-10/h8H,1,3-6,10H2,2H3. The number of alkyl halides is 1. The van der Waals surface area contributed by atoms with Gasteiger partial charge in [-0.15, -0.1) is 6.58 Å². The molecule has 0 aliphatic rings. The minimum Gasteiger partial charge on any atom is -0.330 e. The fourth-order valence-electron chi connectivity index (χ4n) is 0.728. The van der Waals surface area contributed by atoms with Gasteiger partial charge in [-0.25, -0.2) is 0 Å². The predicted octanol–water partition coefficient (Wildman–Crippen LogP) is 2.46. The molecule has 1 unspecified atom stereocenters. The first kappa shape index (κ1) is 10.2. The molecule has 0 heterocycles. The van der Waals surface area contributed by atoms with E-state index in [0.29, 0.717) is 4.83 Å². The SMILES string of the molecule is C=C(C)CCC(Br)CCN. The van der Waals surface area contributed by atoms with E-state index in [0.717, 1.165) is 25.8 Å². The zero-order valence-corrected chi connectivity index (χ0v) is 8.15. The van der Waals surface area contributed by atoms with Crippen LogP contribution in [0.15, 0.2) is 12.2 Å². The van der Waals surface area contributed by atoms with E-state index in [4.69, 9.17) is 5.73 Å². The number of hydrogen-bond donors (Lipinski definition) is 1. The van der Waals surface area contributed by atoms with Gasteiger partial charge >= 0.3 is 0 Å². The molecule has 0 aromatic rings. The average Bonchev–Trinajstić information content (AvgIpc) is 1.85. The van der Waals surface area contributed by atoms with Gasteiger partial charge in [0.05, 0.1) is 0 Å². The summed E-state index contributed by atoms with van der Waals surface area (Å²) >= 11 is 3.55. The van der Waals surface area contributed by atoms with Gasteiger partial charge in [-0.3, -0.25) is 0 Å². The Balaban J connectivity index is 3.21. The van der Waals surface area contributed by atoms with Crippen molar-refractivity contribution in [2.45, 2.75) is 31.0 Å². The van der Waals surface area contributed by atoms with Crippen LogP contribution in [0.2, 0.25) is 0 Å². The lowest BCUT2D eigenvalue weighted by Gasteiger charge is -2.06. The van der Waals surface area contributed by atoms with Crippen molar-refractivity contribution < 1.29 is 0 Å². The van der Waals surface area contributed by atoms with Crippen LogP contribution in [0.1, 0.15) is 26.2 Å². The Hall–Kier alpha value is 0.180. The van der Waals surface area contributed by atoms with E-state index in [1.807, 2.05) is 0 Å². The molecule has 0 bridgehead atoms. The van der Waals surface area contributed by atoms with Crippen molar-refractivity contribution in [1.29, 1.82) is 0 Å². The summed E-state index contributed by atoms with van der Waals surface area (Å²) in [6.07, 6.45) is 3.33. The molecule has 2 heteroatoms. The summed E-state index contributed by atoms with van der Waals surface area (Å²) in [7, 11) is 0. The molecule has 10 heavy (non-hydrogen) atoms. The fraction of sp³-hybridized carbons (Fsp3) is 0.750. The number of allylic oxidation sites excluding steroid dienone is 1. The summed E-state index contributed by atoms with van der Waals surface area (Å²) < 4.78 is 0. The van der Waals surface area contributed by atoms with Crippen molar-refractivity contribution in [2.75, 3.05) is 6.54 Å². The first-order valence-corrected chi connectivity index (χ1v) is 4.57. The third-order valence-corrected chi connectivity index (χ3v) is 2.28. The maximum atomic E-state index is 5.38. The monoisotopic (exact) mass is 205 g/mol. The average molecular weight is 206 g/mol. The van der Waals surface area contributed by atoms with Gasteiger partial charge in [0.1, 0.15) is 0 Å². The van der Waals surface area contributed by atoms with E-state index in [1.54, 1.807) is 0 Å². The molecular weight excluding hydrogens is 190 g/mol. The second-order valence-electron chi connectivity index (χ2n) is 2.67. The highest BCUT2D eigenvalue weighted by atomic mass is 79.9. The van der Waals surface area contributed by atoms with Gasteiger partial charge in [0.15, 0.2) is 0 Å². The summed E-state index contributed by atoms with van der Waals surface area (Å²) in [5.41, 5.74) is 6.63. The van der Waals surface area contributed by atoms with Crippen LogP contribution in [-0.4, -0.2) is 11.4 Å². The van der Waals surface area contributed by atoms with E-state index >= 15 is 0 Å². The summed E-state index contributed by atoms with van der Waals surface area (Å²) in [6.45, 7) is 6.66. The maximum absolute atomic E-state index is 5.38. The van der Waals surface area contributed by atoms with E-state index in [2.05, 4.69) is 29.4 Å². The molecule has 0 amide bonds. The number of rotatable bonds is 5. The zero-order chi connectivity index (χ0) is 7.98. The van der Waals surface area contributed by atoms with Crippen LogP contribution < -0.4 is 5.73 Å². The molecule has 0 radical (unpaired) electrons. The quantitative estimate of drug-likeness (QED) is 0.542. The lowest BCUT2D eigenvalue weighted by molar-refractivity contribution is 0.711. The molecule has 2 N–H and O–H groups in total. The molecule has 60 valence electrons. The van der Waals surface area contributed by atoms with E-state index in [1.165, 1.54) is 5.57 Å². The molecule has 1 nitrogen and oxygen atoms in total. The molecule has 0 rings (SSSR count). The van der Waals surface area contributed by atoms with E-state index in [9.17, 15) is 0 Å². The lowest BCUT2D eigenvalue weighted by Crippen LogP contribution is -2.07. The summed E-state index contributed by atoms with van der Waals surface area (Å²) in [4.78, 5) is 0.578. The highest BCUT2D eigenvalue weighted by Crippen LogP contribution is 2.14. The van der Waals surface area contributed by atoms with Gasteiger partial charge in [0.2, 0.25) is 0 Å². The molecule has 0 aliphatic carbocycles. The van der Waals surface area contributed by atoms with Crippen LogP contribution in [0.3, 0.4) is 0 Å². The van der Waals surface area contributed by atoms with Crippen molar-refractivity contribution >= 4 is 15.9 Å². The largest absolute Gasteiger partial charge is 0.330 e. The minimum atomic E-state index is 0.578. The highest BCUT2D eigenvalue weighted by Gasteiger charge is 2.01. The summed E-state index contributed by atoms with van der Waals surface area (Å²) in [5, 5.41) is 0. The Bertz CT molecular complexity index is 101. The first-order valence-electron chi connectivity index (χ1n) is 3.65. The molecule has 0 aromatic heterocycles. The second-order valence-corrected chi connectivity index (χ2v) is 3.97. The summed E-state index contributed by atoms with van der Waals surface area (Å²) in [5.74, 6) is 0. The van der Waals surface area contributed by atoms with Crippen LogP contribution in [0, 0.1) is 0 Å². The third-order valence-electron chi connectivity index (χ3n) is 1.36. The van der Waals surface area contributed by atoms with Crippen molar-refractivity contribution in [3.8, 4) is 0 Å².